The number of aromatic nitrogens is 3. The second-order valence-electron chi connectivity index (χ2n) is 5.28. The maximum atomic E-state index is 4.34. The van der Waals surface area contributed by atoms with E-state index in [1.807, 2.05) is 37.1 Å². The highest BCUT2D eigenvalue weighted by Gasteiger charge is 2.17. The van der Waals surface area contributed by atoms with Crippen molar-refractivity contribution in [3.63, 3.8) is 0 Å². The molecule has 104 valence electrons. The van der Waals surface area contributed by atoms with Crippen molar-refractivity contribution in [2.24, 2.45) is 0 Å². The van der Waals surface area contributed by atoms with E-state index in [1.165, 1.54) is 22.4 Å². The second-order valence-corrected chi connectivity index (χ2v) is 5.28. The molecule has 0 aliphatic carbocycles. The number of pyridine rings is 1. The fraction of sp³-hybridized carbons (Fsp3) is 0.176. The van der Waals surface area contributed by atoms with Gasteiger partial charge in [-0.25, -0.2) is 4.98 Å². The topological polar surface area (TPSA) is 42.7 Å². The second kappa shape index (κ2) is 5.05. The summed E-state index contributed by atoms with van der Waals surface area (Å²) in [6, 6.07) is 10.6. The smallest absolute Gasteiger partial charge is 0.0954 e. The van der Waals surface area contributed by atoms with Crippen LogP contribution >= 0.6 is 0 Å². The van der Waals surface area contributed by atoms with Crippen molar-refractivity contribution >= 4 is 5.69 Å². The highest BCUT2D eigenvalue weighted by atomic mass is 15.0. The zero-order chi connectivity index (χ0) is 14.1. The summed E-state index contributed by atoms with van der Waals surface area (Å²) in [4.78, 5) is 8.41. The Bertz CT molecular complexity index is 761. The van der Waals surface area contributed by atoms with Crippen LogP contribution in [0, 0.1) is 0 Å². The molecule has 3 aromatic rings. The van der Waals surface area contributed by atoms with Crippen LogP contribution in [0.4, 0.5) is 5.69 Å². The van der Waals surface area contributed by atoms with E-state index in [2.05, 4.69) is 38.1 Å². The van der Waals surface area contributed by atoms with E-state index in [0.717, 1.165) is 25.2 Å². The first-order valence-corrected chi connectivity index (χ1v) is 7.17. The lowest BCUT2D eigenvalue weighted by Crippen LogP contribution is -2.02. The molecule has 3 heterocycles. The molecule has 0 amide bonds. The molecule has 0 fully saturated rings. The first-order valence-electron chi connectivity index (χ1n) is 7.17. The summed E-state index contributed by atoms with van der Waals surface area (Å²) in [6.07, 6.45) is 8.59. The molecule has 4 heteroatoms. The van der Waals surface area contributed by atoms with Crippen LogP contribution in [-0.2, 0) is 13.0 Å². The van der Waals surface area contributed by atoms with Crippen molar-refractivity contribution in [3.05, 3.63) is 66.4 Å². The number of hydrogen-bond donors (Lipinski definition) is 1. The number of rotatable bonds is 3. The molecule has 2 aromatic heterocycles. The van der Waals surface area contributed by atoms with E-state index in [-0.39, 0.29) is 0 Å². The van der Waals surface area contributed by atoms with Gasteiger partial charge in [0, 0.05) is 36.7 Å². The lowest BCUT2D eigenvalue weighted by molar-refractivity contribution is 0.803. The van der Waals surface area contributed by atoms with Gasteiger partial charge in [0.2, 0.25) is 0 Å². The predicted molar refractivity (Wildman–Crippen MR) is 83.2 cm³/mol. The maximum absolute atomic E-state index is 4.34. The monoisotopic (exact) mass is 276 g/mol. The largest absolute Gasteiger partial charge is 0.384 e. The molecule has 0 atom stereocenters. The van der Waals surface area contributed by atoms with E-state index >= 15 is 0 Å². The fourth-order valence-corrected chi connectivity index (χ4v) is 2.91. The molecule has 0 saturated heterocycles. The first-order chi connectivity index (χ1) is 10.4. The van der Waals surface area contributed by atoms with Crippen molar-refractivity contribution in [1.82, 2.24) is 14.5 Å². The van der Waals surface area contributed by atoms with Gasteiger partial charge in [0.1, 0.15) is 0 Å². The number of fused-ring (bicyclic) bond motifs is 1. The zero-order valence-electron chi connectivity index (χ0n) is 11.7. The molecule has 21 heavy (non-hydrogen) atoms. The molecule has 0 bridgehead atoms. The average molecular weight is 276 g/mol. The van der Waals surface area contributed by atoms with Gasteiger partial charge in [-0.15, -0.1) is 0 Å². The molecular formula is C17H16N4. The van der Waals surface area contributed by atoms with Crippen LogP contribution in [0.15, 0.2) is 55.2 Å². The highest BCUT2D eigenvalue weighted by molar-refractivity contribution is 5.79. The summed E-state index contributed by atoms with van der Waals surface area (Å²) in [6.45, 7) is 1.83. The summed E-state index contributed by atoms with van der Waals surface area (Å²) in [5.74, 6) is 0. The summed E-state index contributed by atoms with van der Waals surface area (Å²) in [7, 11) is 0. The molecule has 4 nitrogen and oxygen atoms in total. The number of para-hydroxylation sites is 1. The third-order valence-electron chi connectivity index (χ3n) is 3.94. The molecule has 0 saturated carbocycles. The lowest BCUT2D eigenvalue weighted by atomic mass is 10.1. The molecule has 0 spiro atoms. The molecule has 0 unspecified atom stereocenters. The van der Waals surface area contributed by atoms with Gasteiger partial charge in [0.15, 0.2) is 0 Å². The van der Waals surface area contributed by atoms with Crippen molar-refractivity contribution in [2.45, 2.75) is 13.0 Å². The number of hydrogen-bond acceptors (Lipinski definition) is 3. The Morgan fingerprint density at radius 1 is 1.10 bits per heavy atom. The maximum Gasteiger partial charge on any atom is 0.0954 e. The van der Waals surface area contributed by atoms with Gasteiger partial charge in [-0.05, 0) is 29.7 Å². The first kappa shape index (κ1) is 12.1. The quantitative estimate of drug-likeness (QED) is 0.799. The third-order valence-corrected chi connectivity index (χ3v) is 3.94. The van der Waals surface area contributed by atoms with Gasteiger partial charge in [-0.1, -0.05) is 18.2 Å². The van der Waals surface area contributed by atoms with E-state index in [1.54, 1.807) is 0 Å². The molecule has 1 aliphatic rings. The number of anilines is 1. The Hall–Kier alpha value is -2.62. The van der Waals surface area contributed by atoms with Gasteiger partial charge >= 0.3 is 0 Å². The summed E-state index contributed by atoms with van der Waals surface area (Å²) in [5.41, 5.74) is 6.26. The van der Waals surface area contributed by atoms with Gasteiger partial charge in [-0.2, -0.15) is 0 Å². The van der Waals surface area contributed by atoms with Crippen LogP contribution in [0.1, 0.15) is 11.1 Å². The Labute approximate surface area is 123 Å². The van der Waals surface area contributed by atoms with Crippen molar-refractivity contribution in [1.29, 1.82) is 0 Å². The number of benzene rings is 1. The molecule has 0 radical (unpaired) electrons. The van der Waals surface area contributed by atoms with E-state index in [0.29, 0.717) is 0 Å². The minimum atomic E-state index is 0.807. The molecule has 1 aliphatic heterocycles. The summed E-state index contributed by atoms with van der Waals surface area (Å²) < 4.78 is 2.19. The Kier molecular flexibility index (Phi) is 2.92. The van der Waals surface area contributed by atoms with Crippen LogP contribution in [-0.4, -0.2) is 21.1 Å². The van der Waals surface area contributed by atoms with Crippen molar-refractivity contribution in [2.75, 3.05) is 11.9 Å². The predicted octanol–water partition coefficient (Wildman–Crippen LogP) is 2.96. The van der Waals surface area contributed by atoms with E-state index in [9.17, 15) is 0 Å². The van der Waals surface area contributed by atoms with E-state index in [4.69, 9.17) is 0 Å². The number of nitrogens with zero attached hydrogens (tertiary/aromatic N) is 3. The number of nitrogens with one attached hydrogen (secondary N) is 1. The minimum Gasteiger partial charge on any atom is -0.384 e. The third kappa shape index (κ3) is 2.18. The Morgan fingerprint density at radius 3 is 2.90 bits per heavy atom. The van der Waals surface area contributed by atoms with Gasteiger partial charge in [-0.3, -0.25) is 4.98 Å². The summed E-state index contributed by atoms with van der Waals surface area (Å²) >= 11 is 0. The van der Waals surface area contributed by atoms with Crippen LogP contribution < -0.4 is 5.32 Å². The zero-order valence-corrected chi connectivity index (χ0v) is 11.7. The highest BCUT2D eigenvalue weighted by Crippen LogP contribution is 2.34. The van der Waals surface area contributed by atoms with Crippen LogP contribution in [0.25, 0.3) is 11.3 Å². The molecule has 1 aromatic carbocycles. The van der Waals surface area contributed by atoms with Crippen molar-refractivity contribution in [3.8, 4) is 11.3 Å². The Balaban J connectivity index is 1.75. The SMILES string of the molecule is c1cc2c(c(-c3cncn3Cc3ccncc3)c1)NCC2. The van der Waals surface area contributed by atoms with Crippen LogP contribution in [0.5, 0.6) is 0 Å². The van der Waals surface area contributed by atoms with Gasteiger partial charge < -0.3 is 9.88 Å². The van der Waals surface area contributed by atoms with Crippen molar-refractivity contribution < 1.29 is 0 Å². The molecule has 4 rings (SSSR count). The van der Waals surface area contributed by atoms with Gasteiger partial charge in [0.05, 0.1) is 18.2 Å². The lowest BCUT2D eigenvalue weighted by Gasteiger charge is -2.12. The molecular weight excluding hydrogens is 260 g/mol. The normalized spacial score (nSPS) is 13.0. The fourth-order valence-electron chi connectivity index (χ4n) is 2.91. The average Bonchev–Trinajstić information content (AvgIpc) is 3.16. The number of imidazole rings is 1. The Morgan fingerprint density at radius 2 is 2.00 bits per heavy atom. The van der Waals surface area contributed by atoms with Gasteiger partial charge in [0.25, 0.3) is 0 Å². The van der Waals surface area contributed by atoms with Crippen LogP contribution in [0.3, 0.4) is 0 Å². The summed E-state index contributed by atoms with van der Waals surface area (Å²) in [5, 5.41) is 3.50. The van der Waals surface area contributed by atoms with Crippen LogP contribution in [0.2, 0.25) is 0 Å². The minimum absolute atomic E-state index is 0.807. The van der Waals surface area contributed by atoms with E-state index < -0.39 is 0 Å². The molecule has 1 N–H and O–H groups in total. The standard InChI is InChI=1S/C17H16N4/c1-2-14-6-9-20-17(14)15(3-1)16-10-19-12-21(16)11-13-4-7-18-8-5-13/h1-5,7-8,10,12,20H,6,9,11H2.